The molecular weight excluding hydrogens is 247 g/mol. The molecule has 2 rings (SSSR count). The molecule has 1 fully saturated rings. The molecule has 1 aromatic rings. The van der Waals surface area contributed by atoms with E-state index in [-0.39, 0.29) is 5.82 Å². The van der Waals surface area contributed by atoms with Crippen molar-refractivity contribution in [2.45, 2.75) is 31.1 Å². The highest BCUT2D eigenvalue weighted by Crippen LogP contribution is 2.36. The Kier molecular flexibility index (Phi) is 4.26. The van der Waals surface area contributed by atoms with Crippen molar-refractivity contribution in [3.63, 3.8) is 0 Å². The van der Waals surface area contributed by atoms with Crippen molar-refractivity contribution < 1.29 is 4.39 Å². The minimum Gasteiger partial charge on any atom is -0.311 e. The lowest BCUT2D eigenvalue weighted by molar-refractivity contribution is 0.535. The number of hydrogen-bond donors (Lipinski definition) is 1. The van der Waals surface area contributed by atoms with Gasteiger partial charge >= 0.3 is 0 Å². The maximum absolute atomic E-state index is 13.1. The third-order valence-corrected chi connectivity index (χ3v) is 4.84. The van der Waals surface area contributed by atoms with Gasteiger partial charge in [-0.25, -0.2) is 4.39 Å². The molecule has 2 nitrogen and oxygen atoms in total. The molecule has 1 aliphatic heterocycles. The molecule has 0 amide bonds. The van der Waals surface area contributed by atoms with Crippen molar-refractivity contribution in [1.82, 2.24) is 5.32 Å². The van der Waals surface area contributed by atoms with Gasteiger partial charge in [0.2, 0.25) is 0 Å². The Bertz CT molecular complexity index is 461. The van der Waals surface area contributed by atoms with Crippen molar-refractivity contribution in [3.05, 3.63) is 35.1 Å². The molecule has 0 bridgehead atoms. The van der Waals surface area contributed by atoms with Crippen LogP contribution in [0.1, 0.15) is 30.9 Å². The van der Waals surface area contributed by atoms with Crippen LogP contribution in [0.2, 0.25) is 0 Å². The van der Waals surface area contributed by atoms with Gasteiger partial charge in [0.25, 0.3) is 0 Å². The highest BCUT2D eigenvalue weighted by molar-refractivity contribution is 8.00. The molecule has 4 heteroatoms. The van der Waals surface area contributed by atoms with Crippen LogP contribution in [-0.4, -0.2) is 17.0 Å². The first-order valence-electron chi connectivity index (χ1n) is 6.16. The molecule has 0 spiro atoms. The van der Waals surface area contributed by atoms with E-state index in [1.54, 1.807) is 6.07 Å². The Balaban J connectivity index is 1.94. The first-order chi connectivity index (χ1) is 8.63. The van der Waals surface area contributed by atoms with E-state index in [0.29, 0.717) is 16.9 Å². The molecule has 18 heavy (non-hydrogen) atoms. The summed E-state index contributed by atoms with van der Waals surface area (Å²) in [7, 11) is 0. The summed E-state index contributed by atoms with van der Waals surface area (Å²) in [6.45, 7) is 3.71. The Morgan fingerprint density at radius 3 is 3.06 bits per heavy atom. The second-order valence-corrected chi connectivity index (χ2v) is 6.60. The van der Waals surface area contributed by atoms with E-state index in [1.807, 2.05) is 11.8 Å². The van der Waals surface area contributed by atoms with E-state index < -0.39 is 0 Å². The van der Waals surface area contributed by atoms with E-state index in [1.165, 1.54) is 30.7 Å². The molecule has 1 N–H and O–H groups in total. The van der Waals surface area contributed by atoms with Crippen LogP contribution in [-0.2, 0) is 6.54 Å². The van der Waals surface area contributed by atoms with E-state index in [0.717, 1.165) is 12.1 Å². The molecule has 0 aliphatic carbocycles. The predicted octanol–water partition coefficient (Wildman–Crippen LogP) is 3.07. The lowest BCUT2D eigenvalue weighted by atomic mass is 10.0. The fourth-order valence-electron chi connectivity index (χ4n) is 2.26. The monoisotopic (exact) mass is 264 g/mol. The molecule has 0 saturated carbocycles. The largest absolute Gasteiger partial charge is 0.311 e. The molecule has 1 unspecified atom stereocenters. The smallest absolute Gasteiger partial charge is 0.123 e. The van der Waals surface area contributed by atoms with Crippen LogP contribution in [0, 0.1) is 17.1 Å². The van der Waals surface area contributed by atoms with Crippen molar-refractivity contribution in [2.24, 2.45) is 0 Å². The van der Waals surface area contributed by atoms with Gasteiger partial charge in [-0.1, -0.05) is 0 Å². The summed E-state index contributed by atoms with van der Waals surface area (Å²) in [6.07, 6.45) is 2.49. The molecule has 1 saturated heterocycles. The molecule has 0 radical (unpaired) electrons. The average Bonchev–Trinajstić information content (AvgIpc) is 2.77. The maximum Gasteiger partial charge on any atom is 0.123 e. The summed E-state index contributed by atoms with van der Waals surface area (Å²) in [5, 5.41) is 12.3. The zero-order valence-electron chi connectivity index (χ0n) is 10.5. The van der Waals surface area contributed by atoms with Gasteiger partial charge < -0.3 is 5.32 Å². The van der Waals surface area contributed by atoms with Crippen LogP contribution in [0.5, 0.6) is 0 Å². The number of nitriles is 1. The van der Waals surface area contributed by atoms with E-state index >= 15 is 0 Å². The minimum atomic E-state index is -0.285. The molecule has 1 aliphatic rings. The standard InChI is InChI=1S/C14H17FN2S/c1-14(5-2-6-18-14)10-17-9-12-7-13(15)4-3-11(12)8-16/h3-4,7,17H,2,5-6,9-10H2,1H3. The molecule has 0 aromatic heterocycles. The van der Waals surface area contributed by atoms with Crippen molar-refractivity contribution in [2.75, 3.05) is 12.3 Å². The first kappa shape index (κ1) is 13.4. The molecule has 1 atom stereocenters. The normalized spacial score (nSPS) is 22.9. The Morgan fingerprint density at radius 2 is 2.39 bits per heavy atom. The lowest BCUT2D eigenvalue weighted by Gasteiger charge is -2.23. The number of rotatable bonds is 4. The second kappa shape index (κ2) is 5.73. The SMILES string of the molecule is CC1(CNCc2cc(F)ccc2C#N)CCCS1. The summed E-state index contributed by atoms with van der Waals surface area (Å²) in [6, 6.07) is 6.41. The molecular formula is C14H17FN2S. The summed E-state index contributed by atoms with van der Waals surface area (Å²) in [5.41, 5.74) is 1.29. The number of nitrogens with zero attached hydrogens (tertiary/aromatic N) is 1. The van der Waals surface area contributed by atoms with Crippen molar-refractivity contribution >= 4 is 11.8 Å². The number of benzene rings is 1. The zero-order chi connectivity index (χ0) is 13.0. The van der Waals surface area contributed by atoms with E-state index in [9.17, 15) is 4.39 Å². The minimum absolute atomic E-state index is 0.285. The van der Waals surface area contributed by atoms with Gasteiger partial charge in [-0.3, -0.25) is 0 Å². The fourth-order valence-corrected chi connectivity index (χ4v) is 3.53. The third kappa shape index (κ3) is 3.24. The van der Waals surface area contributed by atoms with Gasteiger partial charge in [-0.05, 0) is 49.3 Å². The number of halogens is 1. The summed E-state index contributed by atoms with van der Waals surface area (Å²) in [5.74, 6) is 0.939. The summed E-state index contributed by atoms with van der Waals surface area (Å²) >= 11 is 1.99. The van der Waals surface area contributed by atoms with Gasteiger partial charge in [-0.15, -0.1) is 0 Å². The molecule has 1 heterocycles. The maximum atomic E-state index is 13.1. The van der Waals surface area contributed by atoms with Crippen LogP contribution in [0.4, 0.5) is 4.39 Å². The van der Waals surface area contributed by atoms with Crippen LogP contribution in [0.25, 0.3) is 0 Å². The Hall–Kier alpha value is -1.05. The number of hydrogen-bond acceptors (Lipinski definition) is 3. The van der Waals surface area contributed by atoms with Crippen LogP contribution in [0.3, 0.4) is 0 Å². The van der Waals surface area contributed by atoms with Crippen LogP contribution in [0.15, 0.2) is 18.2 Å². The van der Waals surface area contributed by atoms with Crippen LogP contribution >= 0.6 is 11.8 Å². The quantitative estimate of drug-likeness (QED) is 0.908. The van der Waals surface area contributed by atoms with Gasteiger partial charge in [-0.2, -0.15) is 17.0 Å². The summed E-state index contributed by atoms with van der Waals surface area (Å²) in [4.78, 5) is 0. The average molecular weight is 264 g/mol. The summed E-state index contributed by atoms with van der Waals surface area (Å²) < 4.78 is 13.4. The first-order valence-corrected chi connectivity index (χ1v) is 7.15. The number of nitrogens with one attached hydrogen (secondary N) is 1. The van der Waals surface area contributed by atoms with Crippen molar-refractivity contribution in [1.29, 1.82) is 5.26 Å². The second-order valence-electron chi connectivity index (χ2n) is 4.92. The molecule has 1 aromatic carbocycles. The van der Waals surface area contributed by atoms with E-state index in [2.05, 4.69) is 18.3 Å². The zero-order valence-corrected chi connectivity index (χ0v) is 11.3. The van der Waals surface area contributed by atoms with Gasteiger partial charge in [0, 0.05) is 17.8 Å². The van der Waals surface area contributed by atoms with E-state index in [4.69, 9.17) is 5.26 Å². The van der Waals surface area contributed by atoms with Gasteiger partial charge in [0.1, 0.15) is 5.82 Å². The molecule has 96 valence electrons. The lowest BCUT2D eigenvalue weighted by Crippen LogP contribution is -2.32. The van der Waals surface area contributed by atoms with Gasteiger partial charge in [0.15, 0.2) is 0 Å². The predicted molar refractivity (Wildman–Crippen MR) is 72.9 cm³/mol. The Labute approximate surface area is 112 Å². The highest BCUT2D eigenvalue weighted by atomic mass is 32.2. The van der Waals surface area contributed by atoms with Gasteiger partial charge in [0.05, 0.1) is 11.6 Å². The number of thioether (sulfide) groups is 1. The van der Waals surface area contributed by atoms with Crippen molar-refractivity contribution in [3.8, 4) is 6.07 Å². The Morgan fingerprint density at radius 1 is 1.56 bits per heavy atom. The fraction of sp³-hybridized carbons (Fsp3) is 0.500. The highest BCUT2D eigenvalue weighted by Gasteiger charge is 2.28. The van der Waals surface area contributed by atoms with Crippen LogP contribution < -0.4 is 5.32 Å². The topological polar surface area (TPSA) is 35.8 Å². The third-order valence-electron chi connectivity index (χ3n) is 3.30.